The van der Waals surface area contributed by atoms with Gasteiger partial charge >= 0.3 is 0 Å². The summed E-state index contributed by atoms with van der Waals surface area (Å²) in [6.45, 7) is 0.973. The monoisotopic (exact) mass is 293 g/mol. The van der Waals surface area contributed by atoms with Crippen LogP contribution in [0.4, 0.5) is 0 Å². The van der Waals surface area contributed by atoms with Gasteiger partial charge in [-0.15, -0.1) is 0 Å². The van der Waals surface area contributed by atoms with E-state index in [1.807, 2.05) is 18.2 Å². The van der Waals surface area contributed by atoms with Crippen molar-refractivity contribution in [3.63, 3.8) is 0 Å². The number of carbonyl (C=O) groups is 1. The summed E-state index contributed by atoms with van der Waals surface area (Å²) in [6.07, 6.45) is 1.77. The lowest BCUT2D eigenvalue weighted by molar-refractivity contribution is -0.124. The van der Waals surface area contributed by atoms with Gasteiger partial charge in [-0.2, -0.15) is 0 Å². The molecule has 1 aromatic rings. The largest absolute Gasteiger partial charge is 0.368 e. The van der Waals surface area contributed by atoms with Crippen molar-refractivity contribution < 1.29 is 4.79 Å². The molecule has 0 spiro atoms. The number of rotatable bonds is 6. The van der Waals surface area contributed by atoms with Crippen LogP contribution in [0.15, 0.2) is 23.3 Å². The van der Waals surface area contributed by atoms with Crippen LogP contribution in [0.1, 0.15) is 17.5 Å². The number of benzene rings is 1. The van der Waals surface area contributed by atoms with Crippen LogP contribution in [0.2, 0.25) is 5.02 Å². The Morgan fingerprint density at radius 2 is 2.25 bits per heavy atom. The summed E-state index contributed by atoms with van der Waals surface area (Å²) in [4.78, 5) is 14.5. The maximum Gasteiger partial charge on any atom is 0.238 e. The number of hydrogen-bond acceptors (Lipinski definition) is 3. The number of azide groups is 1. The molecule has 1 aliphatic rings. The molecule has 7 heteroatoms. The van der Waals surface area contributed by atoms with Crippen LogP contribution in [-0.2, 0) is 17.6 Å². The lowest BCUT2D eigenvalue weighted by Crippen LogP contribution is -2.56. The average molecular weight is 294 g/mol. The van der Waals surface area contributed by atoms with Gasteiger partial charge in [0.1, 0.15) is 5.54 Å². The second kappa shape index (κ2) is 6.13. The number of nitrogens with zero attached hydrogens (tertiary/aromatic N) is 3. The fraction of sp³-hybridized carbons (Fsp3) is 0.462. The van der Waals surface area contributed by atoms with Crippen molar-refractivity contribution in [1.82, 2.24) is 5.32 Å². The van der Waals surface area contributed by atoms with Crippen molar-refractivity contribution in [2.45, 2.75) is 24.8 Å². The number of fused-ring (bicyclic) bond motifs is 1. The number of amides is 1. The van der Waals surface area contributed by atoms with Crippen LogP contribution in [0.25, 0.3) is 10.4 Å². The first-order valence-electron chi connectivity index (χ1n) is 6.40. The Labute approximate surface area is 121 Å². The zero-order chi connectivity index (χ0) is 14.6. The number of hydrogen-bond donors (Lipinski definition) is 2. The molecule has 0 aliphatic heterocycles. The van der Waals surface area contributed by atoms with E-state index in [9.17, 15) is 4.79 Å². The SMILES string of the molecule is [N-]=[N+]=NCCCNC1(C(N)=O)Cc2ccc(Cl)cc2C1. The second-order valence-electron chi connectivity index (χ2n) is 4.95. The summed E-state index contributed by atoms with van der Waals surface area (Å²) in [5.74, 6) is -0.367. The zero-order valence-corrected chi connectivity index (χ0v) is 11.7. The minimum atomic E-state index is -0.761. The van der Waals surface area contributed by atoms with Crippen molar-refractivity contribution in [3.8, 4) is 0 Å². The molecule has 1 unspecified atom stereocenters. The van der Waals surface area contributed by atoms with E-state index in [4.69, 9.17) is 22.9 Å². The molecule has 0 heterocycles. The minimum absolute atomic E-state index is 0.367. The molecule has 0 saturated carbocycles. The van der Waals surface area contributed by atoms with Crippen LogP contribution in [0.5, 0.6) is 0 Å². The van der Waals surface area contributed by atoms with Gasteiger partial charge in [-0.05, 0) is 41.8 Å². The number of halogens is 1. The number of nitrogens with one attached hydrogen (secondary N) is 1. The summed E-state index contributed by atoms with van der Waals surface area (Å²) in [7, 11) is 0. The Hall–Kier alpha value is -1.75. The van der Waals surface area contributed by atoms with Gasteiger partial charge in [-0.1, -0.05) is 22.8 Å². The minimum Gasteiger partial charge on any atom is -0.368 e. The molecular formula is C13H16ClN5O. The lowest BCUT2D eigenvalue weighted by atomic mass is 9.94. The second-order valence-corrected chi connectivity index (χ2v) is 5.38. The summed E-state index contributed by atoms with van der Waals surface area (Å²) in [5, 5.41) is 7.34. The summed E-state index contributed by atoms with van der Waals surface area (Å²) >= 11 is 5.97. The van der Waals surface area contributed by atoms with Crippen molar-refractivity contribution in [2.24, 2.45) is 10.8 Å². The number of primary amides is 1. The molecule has 6 nitrogen and oxygen atoms in total. The van der Waals surface area contributed by atoms with Gasteiger partial charge in [0, 0.05) is 29.3 Å². The van der Waals surface area contributed by atoms with E-state index in [1.165, 1.54) is 0 Å². The maximum absolute atomic E-state index is 11.8. The Morgan fingerprint density at radius 3 is 2.95 bits per heavy atom. The third kappa shape index (κ3) is 3.04. The van der Waals surface area contributed by atoms with E-state index in [2.05, 4.69) is 15.3 Å². The van der Waals surface area contributed by atoms with E-state index >= 15 is 0 Å². The molecule has 1 aliphatic carbocycles. The average Bonchev–Trinajstić information content (AvgIpc) is 2.77. The quantitative estimate of drug-likeness (QED) is 0.362. The van der Waals surface area contributed by atoms with Gasteiger partial charge in [-0.25, -0.2) is 0 Å². The molecule has 3 N–H and O–H groups in total. The van der Waals surface area contributed by atoms with Crippen LogP contribution in [0, 0.1) is 0 Å². The summed E-state index contributed by atoms with van der Waals surface area (Å²) < 4.78 is 0. The van der Waals surface area contributed by atoms with Crippen LogP contribution in [0.3, 0.4) is 0 Å². The Kier molecular flexibility index (Phi) is 4.49. The van der Waals surface area contributed by atoms with Gasteiger partial charge in [-0.3, -0.25) is 4.79 Å². The van der Waals surface area contributed by atoms with E-state index in [0.29, 0.717) is 37.4 Å². The first-order valence-corrected chi connectivity index (χ1v) is 6.78. The summed E-state index contributed by atoms with van der Waals surface area (Å²) in [5.41, 5.74) is 15.2. The van der Waals surface area contributed by atoms with E-state index < -0.39 is 5.54 Å². The van der Waals surface area contributed by atoms with Gasteiger partial charge in [0.2, 0.25) is 5.91 Å². The highest BCUT2D eigenvalue weighted by atomic mass is 35.5. The van der Waals surface area contributed by atoms with Gasteiger partial charge in [0.15, 0.2) is 0 Å². The van der Waals surface area contributed by atoms with E-state index in [-0.39, 0.29) is 5.91 Å². The van der Waals surface area contributed by atoms with Crippen molar-refractivity contribution in [1.29, 1.82) is 0 Å². The Morgan fingerprint density at radius 1 is 1.50 bits per heavy atom. The number of carbonyl (C=O) groups excluding carboxylic acids is 1. The van der Waals surface area contributed by atoms with Gasteiger partial charge in [0.05, 0.1) is 0 Å². The molecule has 1 atom stereocenters. The fourth-order valence-electron chi connectivity index (χ4n) is 2.55. The van der Waals surface area contributed by atoms with Crippen molar-refractivity contribution in [2.75, 3.05) is 13.1 Å². The predicted octanol–water partition coefficient (Wildman–Crippen LogP) is 1.95. The number of nitrogens with two attached hydrogens (primary N) is 1. The molecular weight excluding hydrogens is 278 g/mol. The molecule has 0 aromatic heterocycles. The lowest BCUT2D eigenvalue weighted by Gasteiger charge is -2.26. The van der Waals surface area contributed by atoms with Gasteiger partial charge < -0.3 is 11.1 Å². The molecule has 106 valence electrons. The van der Waals surface area contributed by atoms with Crippen LogP contribution >= 0.6 is 11.6 Å². The Balaban J connectivity index is 2.06. The van der Waals surface area contributed by atoms with Crippen molar-refractivity contribution in [3.05, 3.63) is 44.8 Å². The highest BCUT2D eigenvalue weighted by Crippen LogP contribution is 2.31. The Bertz CT molecular complexity index is 570. The van der Waals surface area contributed by atoms with E-state index in [1.54, 1.807) is 0 Å². The zero-order valence-electron chi connectivity index (χ0n) is 11.0. The van der Waals surface area contributed by atoms with Crippen LogP contribution < -0.4 is 11.1 Å². The first-order chi connectivity index (χ1) is 9.57. The molecule has 1 amide bonds. The fourth-order valence-corrected chi connectivity index (χ4v) is 2.75. The molecule has 0 fully saturated rings. The highest BCUT2D eigenvalue weighted by Gasteiger charge is 2.41. The topological polar surface area (TPSA) is 104 Å². The maximum atomic E-state index is 11.8. The third-order valence-corrected chi connectivity index (χ3v) is 3.82. The highest BCUT2D eigenvalue weighted by molar-refractivity contribution is 6.30. The molecule has 0 bridgehead atoms. The molecule has 0 saturated heterocycles. The molecule has 20 heavy (non-hydrogen) atoms. The van der Waals surface area contributed by atoms with Gasteiger partial charge in [0.25, 0.3) is 0 Å². The first kappa shape index (κ1) is 14.7. The molecule has 0 radical (unpaired) electrons. The normalized spacial score (nSPS) is 20.2. The van der Waals surface area contributed by atoms with E-state index in [0.717, 1.165) is 11.1 Å². The summed E-state index contributed by atoms with van der Waals surface area (Å²) in [6, 6.07) is 5.63. The van der Waals surface area contributed by atoms with Crippen LogP contribution in [-0.4, -0.2) is 24.5 Å². The molecule has 1 aromatic carbocycles. The third-order valence-electron chi connectivity index (χ3n) is 3.59. The smallest absolute Gasteiger partial charge is 0.238 e. The van der Waals surface area contributed by atoms with Crippen molar-refractivity contribution >= 4 is 17.5 Å². The molecule has 2 rings (SSSR count). The predicted molar refractivity (Wildman–Crippen MR) is 77.4 cm³/mol. The standard InChI is InChI=1S/C13H16ClN5O/c14-11-3-2-9-7-13(12(15)20,8-10(9)6-11)17-4-1-5-18-19-16/h2-3,6,17H,1,4-5,7-8H2,(H2,15,20).